The Morgan fingerprint density at radius 3 is 2.36 bits per heavy atom. The average Bonchev–Trinajstić information content (AvgIpc) is 2.96. The zero-order valence-corrected chi connectivity index (χ0v) is 12.6. The van der Waals surface area contributed by atoms with E-state index in [1.54, 1.807) is 47.3 Å². The van der Waals surface area contributed by atoms with Crippen LogP contribution in [-0.2, 0) is 0 Å². The summed E-state index contributed by atoms with van der Waals surface area (Å²) in [6.07, 6.45) is 1.68. The molecule has 0 radical (unpaired) electrons. The molecule has 0 spiro atoms. The minimum atomic E-state index is -0.177. The van der Waals surface area contributed by atoms with Gasteiger partial charge in [-0.1, -0.05) is 16.8 Å². The van der Waals surface area contributed by atoms with Gasteiger partial charge in [0.05, 0.1) is 17.6 Å². The van der Waals surface area contributed by atoms with Crippen LogP contribution in [0.3, 0.4) is 0 Å². The third-order valence-corrected chi connectivity index (χ3v) is 3.45. The lowest BCUT2D eigenvalue weighted by Crippen LogP contribution is -2.12. The second kappa shape index (κ2) is 5.99. The Balaban J connectivity index is 1.76. The van der Waals surface area contributed by atoms with E-state index in [9.17, 15) is 4.79 Å². The second-order valence-corrected chi connectivity index (χ2v) is 5.23. The summed E-state index contributed by atoms with van der Waals surface area (Å²) in [5.74, 6) is -0.177. The zero-order chi connectivity index (χ0) is 15.5. The van der Waals surface area contributed by atoms with Crippen LogP contribution >= 0.6 is 11.6 Å². The highest BCUT2D eigenvalue weighted by atomic mass is 35.5. The number of amides is 1. The van der Waals surface area contributed by atoms with Crippen molar-refractivity contribution in [2.75, 3.05) is 5.32 Å². The quantitative estimate of drug-likeness (QED) is 0.805. The van der Waals surface area contributed by atoms with Gasteiger partial charge in [0.1, 0.15) is 0 Å². The van der Waals surface area contributed by atoms with Crippen LogP contribution in [0, 0.1) is 6.92 Å². The smallest absolute Gasteiger partial charge is 0.255 e. The first-order valence-corrected chi connectivity index (χ1v) is 7.06. The molecule has 0 fully saturated rings. The highest BCUT2D eigenvalue weighted by molar-refractivity contribution is 6.30. The van der Waals surface area contributed by atoms with Crippen LogP contribution in [0.25, 0.3) is 5.69 Å². The van der Waals surface area contributed by atoms with Crippen molar-refractivity contribution in [3.8, 4) is 5.69 Å². The second-order valence-electron chi connectivity index (χ2n) is 4.80. The summed E-state index contributed by atoms with van der Waals surface area (Å²) in [6, 6.07) is 14.1. The van der Waals surface area contributed by atoms with E-state index in [1.807, 2.05) is 19.1 Å². The Morgan fingerprint density at radius 1 is 1.09 bits per heavy atom. The van der Waals surface area contributed by atoms with Crippen molar-refractivity contribution < 1.29 is 4.79 Å². The van der Waals surface area contributed by atoms with E-state index < -0.39 is 0 Å². The van der Waals surface area contributed by atoms with E-state index in [4.69, 9.17) is 11.6 Å². The van der Waals surface area contributed by atoms with E-state index in [0.29, 0.717) is 16.3 Å². The first-order valence-electron chi connectivity index (χ1n) is 6.68. The van der Waals surface area contributed by atoms with Crippen LogP contribution in [-0.4, -0.2) is 20.9 Å². The highest BCUT2D eigenvalue weighted by Gasteiger charge is 2.07. The molecule has 2 aromatic carbocycles. The molecular formula is C16H13ClN4O. The van der Waals surface area contributed by atoms with Gasteiger partial charge in [-0.15, -0.1) is 5.10 Å². The van der Waals surface area contributed by atoms with Crippen LogP contribution in [0.1, 0.15) is 16.1 Å². The summed E-state index contributed by atoms with van der Waals surface area (Å²) in [6.45, 7) is 1.92. The van der Waals surface area contributed by atoms with Crippen molar-refractivity contribution >= 4 is 23.2 Å². The SMILES string of the molecule is Cc1cnnn1-c1ccc(C(=O)Nc2ccc(Cl)cc2)cc1. The molecule has 1 heterocycles. The molecule has 1 aromatic heterocycles. The van der Waals surface area contributed by atoms with Crippen LogP contribution in [0.5, 0.6) is 0 Å². The van der Waals surface area contributed by atoms with Gasteiger partial charge in [-0.05, 0) is 55.5 Å². The highest BCUT2D eigenvalue weighted by Crippen LogP contribution is 2.15. The van der Waals surface area contributed by atoms with Gasteiger partial charge in [0.15, 0.2) is 0 Å². The molecule has 0 aliphatic carbocycles. The number of nitrogens with zero attached hydrogens (tertiary/aromatic N) is 3. The number of nitrogens with one attached hydrogen (secondary N) is 1. The summed E-state index contributed by atoms with van der Waals surface area (Å²) < 4.78 is 1.71. The number of carbonyl (C=O) groups excluding carboxylic acids is 1. The van der Waals surface area contributed by atoms with Crippen molar-refractivity contribution in [3.63, 3.8) is 0 Å². The van der Waals surface area contributed by atoms with Crippen LogP contribution in [0.4, 0.5) is 5.69 Å². The van der Waals surface area contributed by atoms with Crippen molar-refractivity contribution in [1.29, 1.82) is 0 Å². The van der Waals surface area contributed by atoms with E-state index in [2.05, 4.69) is 15.6 Å². The molecule has 0 atom stereocenters. The summed E-state index contributed by atoms with van der Waals surface area (Å²) in [4.78, 5) is 12.2. The molecule has 3 aromatic rings. The molecule has 6 heteroatoms. The van der Waals surface area contributed by atoms with Crippen LogP contribution in [0.15, 0.2) is 54.7 Å². The molecule has 1 amide bonds. The third-order valence-electron chi connectivity index (χ3n) is 3.20. The predicted molar refractivity (Wildman–Crippen MR) is 85.5 cm³/mol. The number of benzene rings is 2. The number of aromatic nitrogens is 3. The van der Waals surface area contributed by atoms with Gasteiger partial charge in [0.2, 0.25) is 0 Å². The first kappa shape index (κ1) is 14.3. The molecule has 0 aliphatic rings. The Kier molecular flexibility index (Phi) is 3.89. The fourth-order valence-corrected chi connectivity index (χ4v) is 2.16. The van der Waals surface area contributed by atoms with Gasteiger partial charge in [0.25, 0.3) is 5.91 Å². The molecule has 0 saturated carbocycles. The topological polar surface area (TPSA) is 59.8 Å². The van der Waals surface area contributed by atoms with Gasteiger partial charge in [-0.3, -0.25) is 4.79 Å². The summed E-state index contributed by atoms with van der Waals surface area (Å²) in [7, 11) is 0. The fraction of sp³-hybridized carbons (Fsp3) is 0.0625. The largest absolute Gasteiger partial charge is 0.322 e. The molecule has 22 heavy (non-hydrogen) atoms. The number of hydrogen-bond acceptors (Lipinski definition) is 3. The predicted octanol–water partition coefficient (Wildman–Crippen LogP) is 3.48. The number of aryl methyl sites for hydroxylation is 1. The van der Waals surface area contributed by atoms with Crippen molar-refractivity contribution in [3.05, 3.63) is 71.0 Å². The lowest BCUT2D eigenvalue weighted by Gasteiger charge is -2.07. The molecule has 0 unspecified atom stereocenters. The lowest BCUT2D eigenvalue weighted by atomic mass is 10.2. The van der Waals surface area contributed by atoms with Gasteiger partial charge in [-0.25, -0.2) is 4.68 Å². The van der Waals surface area contributed by atoms with Gasteiger partial charge >= 0.3 is 0 Å². The normalized spacial score (nSPS) is 10.5. The molecule has 0 aliphatic heterocycles. The van der Waals surface area contributed by atoms with Crippen LogP contribution in [0.2, 0.25) is 5.02 Å². The standard InChI is InChI=1S/C16H13ClN4O/c1-11-10-18-20-21(11)15-8-2-12(3-9-15)16(22)19-14-6-4-13(17)5-7-14/h2-10H,1H3,(H,19,22). The molecule has 0 bridgehead atoms. The lowest BCUT2D eigenvalue weighted by molar-refractivity contribution is 0.102. The molecule has 5 nitrogen and oxygen atoms in total. The average molecular weight is 313 g/mol. The Morgan fingerprint density at radius 2 is 1.77 bits per heavy atom. The summed E-state index contributed by atoms with van der Waals surface area (Å²) in [5, 5.41) is 11.3. The number of hydrogen-bond donors (Lipinski definition) is 1. The monoisotopic (exact) mass is 312 g/mol. The van der Waals surface area contributed by atoms with Crippen molar-refractivity contribution in [1.82, 2.24) is 15.0 Å². The Bertz CT molecular complexity index is 794. The maximum atomic E-state index is 12.2. The fourth-order valence-electron chi connectivity index (χ4n) is 2.03. The van der Waals surface area contributed by atoms with Gasteiger partial charge in [-0.2, -0.15) is 0 Å². The first-order chi connectivity index (χ1) is 10.6. The molecule has 3 rings (SSSR count). The molecule has 1 N–H and O–H groups in total. The zero-order valence-electron chi connectivity index (χ0n) is 11.8. The van der Waals surface area contributed by atoms with Crippen molar-refractivity contribution in [2.24, 2.45) is 0 Å². The minimum absolute atomic E-state index is 0.177. The Labute approximate surface area is 132 Å². The third kappa shape index (κ3) is 2.99. The summed E-state index contributed by atoms with van der Waals surface area (Å²) >= 11 is 5.82. The van der Waals surface area contributed by atoms with E-state index in [1.165, 1.54) is 0 Å². The Hall–Kier alpha value is -2.66. The number of halogens is 1. The number of anilines is 1. The van der Waals surface area contributed by atoms with Gasteiger partial charge in [0, 0.05) is 16.3 Å². The number of rotatable bonds is 3. The van der Waals surface area contributed by atoms with E-state index in [-0.39, 0.29) is 5.91 Å². The minimum Gasteiger partial charge on any atom is -0.322 e. The molecular weight excluding hydrogens is 300 g/mol. The number of carbonyl (C=O) groups is 1. The van der Waals surface area contributed by atoms with Gasteiger partial charge < -0.3 is 5.32 Å². The molecule has 110 valence electrons. The van der Waals surface area contributed by atoms with Crippen LogP contribution < -0.4 is 5.32 Å². The maximum Gasteiger partial charge on any atom is 0.255 e. The molecule has 0 saturated heterocycles. The van der Waals surface area contributed by atoms with Crippen molar-refractivity contribution in [2.45, 2.75) is 6.92 Å². The summed E-state index contributed by atoms with van der Waals surface area (Å²) in [5.41, 5.74) is 3.05. The maximum absolute atomic E-state index is 12.2. The van der Waals surface area contributed by atoms with E-state index >= 15 is 0 Å². The van der Waals surface area contributed by atoms with E-state index in [0.717, 1.165) is 11.4 Å².